The van der Waals surface area contributed by atoms with Crippen molar-refractivity contribution in [2.45, 2.75) is 38.4 Å². The van der Waals surface area contributed by atoms with Crippen LogP contribution in [0.5, 0.6) is 0 Å². The predicted octanol–water partition coefficient (Wildman–Crippen LogP) is 0.235. The van der Waals surface area contributed by atoms with E-state index in [4.69, 9.17) is 9.94 Å². The Kier molecular flexibility index (Phi) is 4.63. The van der Waals surface area contributed by atoms with Crippen LogP contribution in [-0.2, 0) is 9.63 Å². The summed E-state index contributed by atoms with van der Waals surface area (Å²) in [6.07, 6.45) is 0.645. The molecule has 0 aromatic heterocycles. The monoisotopic (exact) mass is 281 g/mol. The second-order valence-corrected chi connectivity index (χ2v) is 5.27. The van der Waals surface area contributed by atoms with Gasteiger partial charge in [-0.15, -0.1) is 0 Å². The van der Waals surface area contributed by atoms with Gasteiger partial charge in [0.15, 0.2) is 0 Å². The molecule has 0 aromatic rings. The first-order chi connectivity index (χ1) is 9.52. The average Bonchev–Trinajstić information content (AvgIpc) is 2.64. The molecule has 2 aliphatic rings. The Hall–Kier alpha value is -1.58. The maximum atomic E-state index is 10.3. The van der Waals surface area contributed by atoms with Crippen molar-refractivity contribution in [2.75, 3.05) is 6.61 Å². The van der Waals surface area contributed by atoms with E-state index in [2.05, 4.69) is 17.0 Å². The lowest BCUT2D eigenvalue weighted by molar-refractivity contribution is -0.142. The molecule has 0 bridgehead atoms. The van der Waals surface area contributed by atoms with Crippen LogP contribution in [0.2, 0.25) is 0 Å². The Morgan fingerprint density at radius 2 is 2.35 bits per heavy atom. The smallest absolute Gasteiger partial charge is 0.344 e. The molecule has 2 fully saturated rings. The van der Waals surface area contributed by atoms with E-state index in [9.17, 15) is 15.0 Å². The summed E-state index contributed by atoms with van der Waals surface area (Å²) in [5, 5.41) is 31.7. The fourth-order valence-corrected chi connectivity index (χ4v) is 2.78. The minimum absolute atomic E-state index is 0.122. The highest BCUT2D eigenvalue weighted by Gasteiger charge is 2.51. The number of oxime groups is 1. The Labute approximate surface area is 117 Å². The van der Waals surface area contributed by atoms with Crippen molar-refractivity contribution >= 4 is 11.7 Å². The summed E-state index contributed by atoms with van der Waals surface area (Å²) in [6.45, 7) is 1.40. The van der Waals surface area contributed by atoms with E-state index < -0.39 is 24.8 Å². The van der Waals surface area contributed by atoms with Crippen LogP contribution in [0.15, 0.2) is 5.16 Å². The van der Waals surface area contributed by atoms with Gasteiger partial charge in [-0.25, -0.2) is 4.79 Å². The Morgan fingerprint density at radius 3 is 3.00 bits per heavy atom. The van der Waals surface area contributed by atoms with Crippen molar-refractivity contribution in [3.63, 3.8) is 0 Å². The van der Waals surface area contributed by atoms with Crippen LogP contribution in [0.1, 0.15) is 26.2 Å². The summed E-state index contributed by atoms with van der Waals surface area (Å²) in [7, 11) is 0. The fourth-order valence-electron chi connectivity index (χ4n) is 2.78. The van der Waals surface area contributed by atoms with E-state index >= 15 is 0 Å². The second-order valence-electron chi connectivity index (χ2n) is 5.27. The SMILES string of the molecule is CCC(O)C#CC1C(O)CC2C(=NOCC(=O)O)CC21. The number of fused-ring (bicyclic) bond motifs is 1. The first-order valence-corrected chi connectivity index (χ1v) is 6.80. The number of nitrogens with zero attached hydrogens (tertiary/aromatic N) is 1. The van der Waals surface area contributed by atoms with Gasteiger partial charge in [0.1, 0.15) is 6.10 Å². The molecule has 6 heteroatoms. The maximum Gasteiger partial charge on any atom is 0.344 e. The summed E-state index contributed by atoms with van der Waals surface area (Å²) in [4.78, 5) is 15.0. The summed E-state index contributed by atoms with van der Waals surface area (Å²) in [5.74, 6) is 4.88. The van der Waals surface area contributed by atoms with Gasteiger partial charge in [-0.05, 0) is 25.2 Å². The molecule has 110 valence electrons. The molecule has 0 aromatic carbocycles. The highest BCUT2D eigenvalue weighted by atomic mass is 16.6. The highest BCUT2D eigenvalue weighted by molar-refractivity contribution is 5.93. The molecule has 0 radical (unpaired) electrons. The molecule has 0 aliphatic heterocycles. The van der Waals surface area contributed by atoms with Gasteiger partial charge in [-0.2, -0.15) is 0 Å². The summed E-state index contributed by atoms with van der Waals surface area (Å²) in [6, 6.07) is 0. The third-order valence-corrected chi connectivity index (χ3v) is 3.93. The molecule has 6 nitrogen and oxygen atoms in total. The molecule has 5 unspecified atom stereocenters. The van der Waals surface area contributed by atoms with Crippen molar-refractivity contribution in [2.24, 2.45) is 22.9 Å². The lowest BCUT2D eigenvalue weighted by atomic mass is 9.71. The van der Waals surface area contributed by atoms with Gasteiger partial charge >= 0.3 is 5.97 Å². The first kappa shape index (κ1) is 14.8. The molecule has 0 saturated heterocycles. The number of rotatable bonds is 4. The number of carboxylic acid groups (broad SMARTS) is 1. The molecule has 5 atom stereocenters. The zero-order chi connectivity index (χ0) is 14.7. The number of hydrogen-bond acceptors (Lipinski definition) is 5. The molecule has 0 spiro atoms. The fraction of sp³-hybridized carbons (Fsp3) is 0.714. The van der Waals surface area contributed by atoms with Gasteiger partial charge in [0, 0.05) is 5.92 Å². The summed E-state index contributed by atoms with van der Waals surface area (Å²) >= 11 is 0. The molecule has 2 aliphatic carbocycles. The Bertz CT molecular complexity index is 464. The Balaban J connectivity index is 1.92. The minimum Gasteiger partial charge on any atom is -0.479 e. The molecule has 0 heterocycles. The van der Waals surface area contributed by atoms with Crippen LogP contribution >= 0.6 is 0 Å². The highest BCUT2D eigenvalue weighted by Crippen LogP contribution is 2.48. The maximum absolute atomic E-state index is 10.3. The van der Waals surface area contributed by atoms with Gasteiger partial charge in [-0.3, -0.25) is 0 Å². The molecule has 2 saturated carbocycles. The first-order valence-electron chi connectivity index (χ1n) is 6.80. The molecule has 0 amide bonds. The van der Waals surface area contributed by atoms with Crippen molar-refractivity contribution in [1.29, 1.82) is 0 Å². The van der Waals surface area contributed by atoms with Gasteiger partial charge in [0.2, 0.25) is 6.61 Å². The predicted molar refractivity (Wildman–Crippen MR) is 70.8 cm³/mol. The van der Waals surface area contributed by atoms with Crippen molar-refractivity contribution < 1.29 is 25.0 Å². The quantitative estimate of drug-likeness (QED) is 0.506. The van der Waals surface area contributed by atoms with Gasteiger partial charge in [0.25, 0.3) is 0 Å². The summed E-state index contributed by atoms with van der Waals surface area (Å²) in [5.41, 5.74) is 0.802. The number of hydrogen-bond donors (Lipinski definition) is 3. The van der Waals surface area contributed by atoms with Gasteiger partial charge in [0.05, 0.1) is 17.7 Å². The number of carbonyl (C=O) groups is 1. The zero-order valence-electron chi connectivity index (χ0n) is 11.3. The number of aliphatic hydroxyl groups excluding tert-OH is 2. The zero-order valence-corrected chi connectivity index (χ0v) is 11.3. The van der Waals surface area contributed by atoms with E-state index in [1.807, 2.05) is 6.92 Å². The average molecular weight is 281 g/mol. The number of aliphatic carboxylic acids is 1. The molecule has 2 rings (SSSR count). The molecule has 20 heavy (non-hydrogen) atoms. The van der Waals surface area contributed by atoms with Crippen molar-refractivity contribution in [3.05, 3.63) is 0 Å². The number of aliphatic hydroxyl groups is 2. The molecule has 3 N–H and O–H groups in total. The lowest BCUT2D eigenvalue weighted by Crippen LogP contribution is -2.36. The summed E-state index contributed by atoms with van der Waals surface area (Å²) < 4.78 is 0. The molecular weight excluding hydrogens is 262 g/mol. The van der Waals surface area contributed by atoms with Crippen molar-refractivity contribution in [3.8, 4) is 11.8 Å². The van der Waals surface area contributed by atoms with E-state index in [0.717, 1.165) is 5.71 Å². The topological polar surface area (TPSA) is 99.4 Å². The van der Waals surface area contributed by atoms with Crippen LogP contribution in [0.25, 0.3) is 0 Å². The van der Waals surface area contributed by atoms with Gasteiger partial charge in [-0.1, -0.05) is 23.9 Å². The lowest BCUT2D eigenvalue weighted by Gasteiger charge is -2.33. The number of carboxylic acids is 1. The van der Waals surface area contributed by atoms with Crippen LogP contribution < -0.4 is 0 Å². The van der Waals surface area contributed by atoms with E-state index in [1.54, 1.807) is 0 Å². The largest absolute Gasteiger partial charge is 0.479 e. The standard InChI is InChI=1S/C14H19NO5/c1-2-8(16)3-4-9-10-5-12(11(10)6-13(9)17)15-20-7-14(18)19/h8-11,13,16-17H,2,5-7H2,1H3,(H,18,19). The van der Waals surface area contributed by atoms with Crippen LogP contribution in [0.3, 0.4) is 0 Å². The second kappa shape index (κ2) is 6.25. The third-order valence-electron chi connectivity index (χ3n) is 3.93. The van der Waals surface area contributed by atoms with Crippen LogP contribution in [-0.4, -0.2) is 45.8 Å². The van der Waals surface area contributed by atoms with E-state index in [1.165, 1.54) is 0 Å². The van der Waals surface area contributed by atoms with Gasteiger partial charge < -0.3 is 20.2 Å². The van der Waals surface area contributed by atoms with E-state index in [-0.39, 0.29) is 17.8 Å². The van der Waals surface area contributed by atoms with Crippen LogP contribution in [0.4, 0.5) is 0 Å². The molecular formula is C14H19NO5. The van der Waals surface area contributed by atoms with Crippen molar-refractivity contribution in [1.82, 2.24) is 0 Å². The minimum atomic E-state index is -1.06. The normalized spacial score (nSPS) is 34.6. The Morgan fingerprint density at radius 1 is 1.60 bits per heavy atom. The third kappa shape index (κ3) is 3.11. The van der Waals surface area contributed by atoms with Crippen LogP contribution in [0, 0.1) is 29.6 Å². The van der Waals surface area contributed by atoms with E-state index in [0.29, 0.717) is 19.3 Å².